The molecule has 3 aromatic rings. The standard InChI is InChI=1S/C15H15N5O4S/c1-6-5-7-17-13(25-4)9-10(16)8(14(21)23-2)11(15(22)24-3)18-12(9)20(7)19-6/h5H,1-4H3,(H2,16,18). The van der Waals surface area contributed by atoms with Gasteiger partial charge in [-0.15, -0.1) is 11.8 Å². The van der Waals surface area contributed by atoms with Gasteiger partial charge in [0.05, 0.1) is 31.0 Å². The number of methoxy groups -OCH3 is 2. The number of fused-ring (bicyclic) bond motifs is 3. The van der Waals surface area contributed by atoms with E-state index < -0.39 is 11.9 Å². The number of nitrogens with zero attached hydrogens (tertiary/aromatic N) is 4. The van der Waals surface area contributed by atoms with Crippen LogP contribution in [0.3, 0.4) is 0 Å². The first-order valence-electron chi connectivity index (χ1n) is 7.13. The maximum Gasteiger partial charge on any atom is 0.357 e. The summed E-state index contributed by atoms with van der Waals surface area (Å²) in [7, 11) is 2.39. The molecule has 0 bridgehead atoms. The van der Waals surface area contributed by atoms with E-state index in [1.807, 2.05) is 13.2 Å². The molecule has 10 heteroatoms. The number of carbonyl (C=O) groups is 2. The topological polar surface area (TPSA) is 122 Å². The molecule has 25 heavy (non-hydrogen) atoms. The molecule has 0 aromatic carbocycles. The Labute approximate surface area is 146 Å². The zero-order valence-electron chi connectivity index (χ0n) is 14.0. The summed E-state index contributed by atoms with van der Waals surface area (Å²) in [5.74, 6) is -1.58. The van der Waals surface area contributed by atoms with Gasteiger partial charge in [0, 0.05) is 6.07 Å². The summed E-state index contributed by atoms with van der Waals surface area (Å²) in [6, 6.07) is 1.78. The summed E-state index contributed by atoms with van der Waals surface area (Å²) in [5.41, 5.74) is 7.48. The first-order valence-corrected chi connectivity index (χ1v) is 8.35. The largest absolute Gasteiger partial charge is 0.465 e. The van der Waals surface area contributed by atoms with E-state index in [1.54, 1.807) is 6.07 Å². The zero-order valence-corrected chi connectivity index (χ0v) is 14.8. The van der Waals surface area contributed by atoms with Gasteiger partial charge in [0.25, 0.3) is 0 Å². The van der Waals surface area contributed by atoms with Gasteiger partial charge in [-0.3, -0.25) is 0 Å². The van der Waals surface area contributed by atoms with Crippen LogP contribution in [0, 0.1) is 6.92 Å². The SMILES string of the molecule is COC(=O)c1nc2c(c(SC)nc3cc(C)nn32)c(N)c1C(=O)OC. The minimum absolute atomic E-state index is 0.0455. The quantitative estimate of drug-likeness (QED) is 0.419. The highest BCUT2D eigenvalue weighted by Gasteiger charge is 2.28. The van der Waals surface area contributed by atoms with Crippen LogP contribution in [0.2, 0.25) is 0 Å². The zero-order chi connectivity index (χ0) is 18.3. The van der Waals surface area contributed by atoms with E-state index >= 15 is 0 Å². The normalized spacial score (nSPS) is 11.0. The Morgan fingerprint density at radius 3 is 2.48 bits per heavy atom. The van der Waals surface area contributed by atoms with Crippen molar-refractivity contribution in [1.82, 2.24) is 19.6 Å². The molecule has 0 aliphatic rings. The lowest BCUT2D eigenvalue weighted by Crippen LogP contribution is -2.18. The molecule has 0 fully saturated rings. The van der Waals surface area contributed by atoms with Crippen LogP contribution in [0.15, 0.2) is 11.1 Å². The predicted molar refractivity (Wildman–Crippen MR) is 91.9 cm³/mol. The third-order valence-corrected chi connectivity index (χ3v) is 4.30. The molecular weight excluding hydrogens is 346 g/mol. The lowest BCUT2D eigenvalue weighted by molar-refractivity contribution is 0.0551. The molecule has 0 unspecified atom stereocenters. The molecular formula is C15H15N5O4S. The van der Waals surface area contributed by atoms with Crippen molar-refractivity contribution in [3.05, 3.63) is 23.0 Å². The lowest BCUT2D eigenvalue weighted by atomic mass is 10.1. The maximum atomic E-state index is 12.2. The number of nitrogen functional groups attached to an aromatic ring is 1. The van der Waals surface area contributed by atoms with Crippen LogP contribution in [0.25, 0.3) is 16.7 Å². The van der Waals surface area contributed by atoms with Gasteiger partial charge in [0.2, 0.25) is 0 Å². The maximum absolute atomic E-state index is 12.2. The Morgan fingerprint density at radius 2 is 1.88 bits per heavy atom. The Hall–Kier alpha value is -2.88. The summed E-state index contributed by atoms with van der Waals surface area (Å²) in [4.78, 5) is 33.2. The lowest BCUT2D eigenvalue weighted by Gasteiger charge is -2.13. The van der Waals surface area contributed by atoms with Gasteiger partial charge in [-0.25, -0.2) is 19.6 Å². The van der Waals surface area contributed by atoms with Gasteiger partial charge in [0.1, 0.15) is 10.6 Å². The second-order valence-corrected chi connectivity index (χ2v) is 5.90. The molecule has 0 spiro atoms. The monoisotopic (exact) mass is 361 g/mol. The summed E-state index contributed by atoms with van der Waals surface area (Å²) in [6.07, 6.45) is 1.83. The van der Waals surface area contributed by atoms with Crippen LogP contribution >= 0.6 is 11.8 Å². The van der Waals surface area contributed by atoms with Crippen molar-refractivity contribution in [1.29, 1.82) is 0 Å². The summed E-state index contributed by atoms with van der Waals surface area (Å²) in [6.45, 7) is 1.81. The number of carbonyl (C=O) groups excluding carboxylic acids is 2. The minimum Gasteiger partial charge on any atom is -0.465 e. The van der Waals surface area contributed by atoms with E-state index in [4.69, 9.17) is 15.2 Å². The average molecular weight is 361 g/mol. The second kappa shape index (κ2) is 6.20. The third-order valence-electron chi connectivity index (χ3n) is 3.62. The van der Waals surface area contributed by atoms with Crippen molar-refractivity contribution in [3.8, 4) is 0 Å². The highest BCUT2D eigenvalue weighted by atomic mass is 32.2. The first-order chi connectivity index (χ1) is 11.9. The van der Waals surface area contributed by atoms with E-state index in [0.717, 1.165) is 5.69 Å². The molecule has 0 amide bonds. The van der Waals surface area contributed by atoms with Crippen LogP contribution < -0.4 is 5.73 Å². The Kier molecular flexibility index (Phi) is 4.21. The summed E-state index contributed by atoms with van der Waals surface area (Å²) < 4.78 is 11.0. The fraction of sp³-hybridized carbons (Fsp3) is 0.267. The predicted octanol–water partition coefficient (Wildman–Crippen LogP) is 1.46. The minimum atomic E-state index is -0.798. The molecule has 2 N–H and O–H groups in total. The molecule has 9 nitrogen and oxygen atoms in total. The van der Waals surface area contributed by atoms with Gasteiger partial charge in [-0.2, -0.15) is 9.61 Å². The molecule has 0 atom stereocenters. The van der Waals surface area contributed by atoms with Crippen molar-refractivity contribution >= 4 is 46.1 Å². The number of hydrogen-bond donors (Lipinski definition) is 1. The molecule has 0 saturated carbocycles. The highest BCUT2D eigenvalue weighted by Crippen LogP contribution is 2.33. The van der Waals surface area contributed by atoms with Crippen molar-refractivity contribution in [2.45, 2.75) is 11.9 Å². The second-order valence-electron chi connectivity index (χ2n) is 5.11. The Bertz CT molecular complexity index is 1030. The van der Waals surface area contributed by atoms with E-state index in [2.05, 4.69) is 15.1 Å². The summed E-state index contributed by atoms with van der Waals surface area (Å²) in [5, 5.41) is 5.33. The molecule has 3 rings (SSSR count). The number of pyridine rings is 1. The van der Waals surface area contributed by atoms with Crippen molar-refractivity contribution in [2.24, 2.45) is 0 Å². The average Bonchev–Trinajstić information content (AvgIpc) is 2.99. The van der Waals surface area contributed by atoms with E-state index in [9.17, 15) is 9.59 Å². The molecule has 3 aromatic heterocycles. The number of ether oxygens (including phenoxy) is 2. The molecule has 130 valence electrons. The van der Waals surface area contributed by atoms with E-state index in [1.165, 1.54) is 30.5 Å². The number of thioether (sulfide) groups is 1. The molecule has 0 aliphatic carbocycles. The molecule has 0 radical (unpaired) electrons. The number of anilines is 1. The van der Waals surface area contributed by atoms with E-state index in [-0.39, 0.29) is 16.9 Å². The van der Waals surface area contributed by atoms with Crippen LogP contribution in [-0.4, -0.2) is 52.0 Å². The third kappa shape index (κ3) is 2.54. The first kappa shape index (κ1) is 17.0. The smallest absolute Gasteiger partial charge is 0.357 e. The number of rotatable bonds is 3. The molecule has 0 saturated heterocycles. The highest BCUT2D eigenvalue weighted by molar-refractivity contribution is 7.98. The van der Waals surface area contributed by atoms with Gasteiger partial charge < -0.3 is 15.2 Å². The number of esters is 2. The van der Waals surface area contributed by atoms with Gasteiger partial charge in [-0.1, -0.05) is 0 Å². The fourth-order valence-electron chi connectivity index (χ4n) is 2.54. The van der Waals surface area contributed by atoms with Crippen LogP contribution in [-0.2, 0) is 9.47 Å². The van der Waals surface area contributed by atoms with E-state index in [0.29, 0.717) is 21.7 Å². The Morgan fingerprint density at radius 1 is 1.20 bits per heavy atom. The Balaban J connectivity index is 2.56. The number of aromatic nitrogens is 4. The molecule has 3 heterocycles. The fourth-order valence-corrected chi connectivity index (χ4v) is 3.13. The number of nitrogens with two attached hydrogens (primary N) is 1. The van der Waals surface area contributed by atoms with Crippen molar-refractivity contribution < 1.29 is 19.1 Å². The molecule has 0 aliphatic heterocycles. The van der Waals surface area contributed by atoms with Crippen LogP contribution in [0.1, 0.15) is 26.5 Å². The van der Waals surface area contributed by atoms with Crippen molar-refractivity contribution in [2.75, 3.05) is 26.2 Å². The van der Waals surface area contributed by atoms with Gasteiger partial charge in [-0.05, 0) is 13.2 Å². The van der Waals surface area contributed by atoms with Crippen LogP contribution in [0.4, 0.5) is 5.69 Å². The number of hydrogen-bond acceptors (Lipinski definition) is 9. The van der Waals surface area contributed by atoms with Crippen molar-refractivity contribution in [3.63, 3.8) is 0 Å². The number of aryl methyl sites for hydroxylation is 1. The van der Waals surface area contributed by atoms with Gasteiger partial charge in [0.15, 0.2) is 17.0 Å². The summed E-state index contributed by atoms with van der Waals surface area (Å²) >= 11 is 1.34. The van der Waals surface area contributed by atoms with Gasteiger partial charge >= 0.3 is 11.9 Å². The van der Waals surface area contributed by atoms with Crippen LogP contribution in [0.5, 0.6) is 0 Å².